The number of amides is 1. The minimum Gasteiger partial charge on any atom is -0.503 e. The summed E-state index contributed by atoms with van der Waals surface area (Å²) in [6.07, 6.45) is 4.62. The molecule has 0 radical (unpaired) electrons. The number of benzene rings is 3. The molecule has 0 bridgehead atoms. The monoisotopic (exact) mass is 494 g/mol. The third-order valence-electron chi connectivity index (χ3n) is 5.75. The highest BCUT2D eigenvalue weighted by Crippen LogP contribution is 2.42. The molecule has 1 unspecified atom stereocenters. The standard InChI is InChI=1S/C29H22N2O4S/c32-24(15-14-20-8-3-1-4-9-20)25-26(31(28(34)27(25)33)29-30-16-17-36-29)22-12-7-13-23(18-22)35-19-21-10-5-2-6-11-21/h1-18,26,33H,19H2. The molecule has 36 heavy (non-hydrogen) atoms. The fourth-order valence-corrected chi connectivity index (χ4v) is 4.71. The molecule has 2 heterocycles. The predicted molar refractivity (Wildman–Crippen MR) is 140 cm³/mol. The maximum absolute atomic E-state index is 13.3. The predicted octanol–water partition coefficient (Wildman–Crippen LogP) is 5.90. The summed E-state index contributed by atoms with van der Waals surface area (Å²) in [5.74, 6) is -1.11. The van der Waals surface area contributed by atoms with Crippen LogP contribution in [0.2, 0.25) is 0 Å². The Bertz CT molecular complexity index is 1430. The number of nitrogens with zero attached hydrogens (tertiary/aromatic N) is 2. The summed E-state index contributed by atoms with van der Waals surface area (Å²) in [5, 5.41) is 13.0. The Labute approximate surface area is 212 Å². The summed E-state index contributed by atoms with van der Waals surface area (Å²) in [4.78, 5) is 32.1. The summed E-state index contributed by atoms with van der Waals surface area (Å²) in [7, 11) is 0. The maximum atomic E-state index is 13.3. The smallest absolute Gasteiger partial charge is 0.296 e. The molecule has 6 nitrogen and oxygen atoms in total. The summed E-state index contributed by atoms with van der Waals surface area (Å²) < 4.78 is 5.98. The Morgan fingerprint density at radius 3 is 2.50 bits per heavy atom. The molecule has 1 atom stereocenters. The van der Waals surface area contributed by atoms with Crippen molar-refractivity contribution in [2.45, 2.75) is 12.6 Å². The average Bonchev–Trinajstić information content (AvgIpc) is 3.54. The summed E-state index contributed by atoms with van der Waals surface area (Å²) >= 11 is 1.26. The van der Waals surface area contributed by atoms with Gasteiger partial charge >= 0.3 is 0 Å². The summed E-state index contributed by atoms with van der Waals surface area (Å²) in [6.45, 7) is 0.372. The molecule has 7 heteroatoms. The molecule has 0 aliphatic carbocycles. The number of hydrogen-bond acceptors (Lipinski definition) is 6. The SMILES string of the molecule is O=C(C=Cc1ccccc1)C1=C(O)C(=O)N(c2nccs2)C1c1cccc(OCc2ccccc2)c1. The highest BCUT2D eigenvalue weighted by molar-refractivity contribution is 7.13. The molecule has 178 valence electrons. The Morgan fingerprint density at radius 1 is 1.03 bits per heavy atom. The van der Waals surface area contributed by atoms with E-state index in [1.165, 1.54) is 22.3 Å². The minimum atomic E-state index is -0.850. The number of carbonyl (C=O) groups is 2. The van der Waals surface area contributed by atoms with E-state index in [-0.39, 0.29) is 5.57 Å². The van der Waals surface area contributed by atoms with Crippen LogP contribution in [0.1, 0.15) is 22.7 Å². The zero-order chi connectivity index (χ0) is 24.9. The van der Waals surface area contributed by atoms with Gasteiger partial charge in [0, 0.05) is 11.6 Å². The zero-order valence-corrected chi connectivity index (χ0v) is 20.0. The lowest BCUT2D eigenvalue weighted by Gasteiger charge is -2.24. The number of aliphatic hydroxyl groups is 1. The van der Waals surface area contributed by atoms with Crippen molar-refractivity contribution in [1.29, 1.82) is 0 Å². The molecule has 1 aliphatic heterocycles. The van der Waals surface area contributed by atoms with Gasteiger partial charge in [-0.3, -0.25) is 14.5 Å². The van der Waals surface area contributed by atoms with E-state index in [4.69, 9.17) is 4.74 Å². The van der Waals surface area contributed by atoms with Gasteiger partial charge in [0.1, 0.15) is 12.4 Å². The van der Waals surface area contributed by atoms with Gasteiger partial charge in [-0.1, -0.05) is 78.9 Å². The van der Waals surface area contributed by atoms with Crippen molar-refractivity contribution in [2.75, 3.05) is 4.90 Å². The van der Waals surface area contributed by atoms with Gasteiger partial charge in [0.25, 0.3) is 5.91 Å². The largest absolute Gasteiger partial charge is 0.503 e. The molecule has 0 saturated carbocycles. The normalized spacial score (nSPS) is 15.6. The highest BCUT2D eigenvalue weighted by atomic mass is 32.1. The van der Waals surface area contributed by atoms with Gasteiger partial charge < -0.3 is 9.84 Å². The van der Waals surface area contributed by atoms with Gasteiger partial charge in [0.2, 0.25) is 0 Å². The second kappa shape index (κ2) is 10.4. The molecular formula is C29H22N2O4S. The van der Waals surface area contributed by atoms with Crippen LogP contribution in [-0.2, 0) is 16.2 Å². The van der Waals surface area contributed by atoms with Crippen molar-refractivity contribution >= 4 is 34.2 Å². The van der Waals surface area contributed by atoms with E-state index >= 15 is 0 Å². The molecule has 3 aromatic carbocycles. The number of allylic oxidation sites excluding steroid dienone is 1. The molecule has 0 spiro atoms. The van der Waals surface area contributed by atoms with Crippen molar-refractivity contribution in [2.24, 2.45) is 0 Å². The first-order valence-corrected chi connectivity index (χ1v) is 12.2. The van der Waals surface area contributed by atoms with Crippen LogP contribution in [0, 0.1) is 0 Å². The van der Waals surface area contributed by atoms with Gasteiger partial charge in [0.05, 0.1) is 11.6 Å². The number of anilines is 1. The van der Waals surface area contributed by atoms with Crippen LogP contribution in [0.3, 0.4) is 0 Å². The lowest BCUT2D eigenvalue weighted by molar-refractivity contribution is -0.117. The molecule has 0 fully saturated rings. The van der Waals surface area contributed by atoms with E-state index in [1.54, 1.807) is 35.9 Å². The maximum Gasteiger partial charge on any atom is 0.296 e. The summed E-state index contributed by atoms with van der Waals surface area (Å²) in [6, 6.07) is 25.5. The molecule has 1 aromatic heterocycles. The molecule has 5 rings (SSSR count). The van der Waals surface area contributed by atoms with Crippen molar-refractivity contribution in [3.63, 3.8) is 0 Å². The first-order chi connectivity index (χ1) is 17.6. The number of carbonyl (C=O) groups excluding carboxylic acids is 2. The van der Waals surface area contributed by atoms with Crippen molar-refractivity contribution in [1.82, 2.24) is 4.98 Å². The fraction of sp³-hybridized carbons (Fsp3) is 0.0690. The van der Waals surface area contributed by atoms with Crippen LogP contribution in [0.25, 0.3) is 6.08 Å². The number of aromatic nitrogens is 1. The third-order valence-corrected chi connectivity index (χ3v) is 6.52. The fourth-order valence-electron chi connectivity index (χ4n) is 4.05. The Balaban J connectivity index is 1.49. The Kier molecular flexibility index (Phi) is 6.73. The molecule has 1 aliphatic rings. The van der Waals surface area contributed by atoms with Crippen LogP contribution in [0.5, 0.6) is 5.75 Å². The van der Waals surface area contributed by atoms with Gasteiger partial charge in [-0.05, 0) is 34.9 Å². The van der Waals surface area contributed by atoms with Crippen LogP contribution < -0.4 is 9.64 Å². The van der Waals surface area contributed by atoms with E-state index in [0.29, 0.717) is 23.1 Å². The Morgan fingerprint density at radius 2 is 1.78 bits per heavy atom. The van der Waals surface area contributed by atoms with E-state index in [9.17, 15) is 14.7 Å². The minimum absolute atomic E-state index is 0.00240. The van der Waals surface area contributed by atoms with Crippen molar-refractivity contribution in [3.8, 4) is 5.75 Å². The second-order valence-electron chi connectivity index (χ2n) is 8.11. The van der Waals surface area contributed by atoms with Crippen LogP contribution in [-0.4, -0.2) is 21.8 Å². The van der Waals surface area contributed by atoms with E-state index < -0.39 is 23.5 Å². The molecule has 4 aromatic rings. The summed E-state index contributed by atoms with van der Waals surface area (Å²) in [5.41, 5.74) is 2.48. The number of rotatable bonds is 8. The van der Waals surface area contributed by atoms with Crippen LogP contribution in [0.15, 0.2) is 114 Å². The number of ketones is 1. The van der Waals surface area contributed by atoms with Gasteiger partial charge in [0.15, 0.2) is 16.7 Å². The van der Waals surface area contributed by atoms with Crippen molar-refractivity contribution < 1.29 is 19.4 Å². The number of thiazole rings is 1. The molecule has 0 saturated heterocycles. The van der Waals surface area contributed by atoms with E-state index in [1.807, 2.05) is 66.7 Å². The highest BCUT2D eigenvalue weighted by Gasteiger charge is 2.45. The molecule has 1 amide bonds. The van der Waals surface area contributed by atoms with Crippen LogP contribution >= 0.6 is 11.3 Å². The number of hydrogen-bond donors (Lipinski definition) is 1. The zero-order valence-electron chi connectivity index (χ0n) is 19.2. The number of ether oxygens (including phenoxy) is 1. The quantitative estimate of drug-likeness (QED) is 0.308. The number of aliphatic hydroxyl groups excluding tert-OH is 1. The van der Waals surface area contributed by atoms with E-state index in [2.05, 4.69) is 4.98 Å². The van der Waals surface area contributed by atoms with E-state index in [0.717, 1.165) is 11.1 Å². The molecule has 1 N–H and O–H groups in total. The third kappa shape index (κ3) is 4.82. The lowest BCUT2D eigenvalue weighted by atomic mass is 9.95. The second-order valence-corrected chi connectivity index (χ2v) is 8.98. The van der Waals surface area contributed by atoms with Crippen molar-refractivity contribution in [3.05, 3.63) is 131 Å². The van der Waals surface area contributed by atoms with Gasteiger partial charge in [-0.2, -0.15) is 0 Å². The molecular weight excluding hydrogens is 472 g/mol. The van der Waals surface area contributed by atoms with Gasteiger partial charge in [-0.15, -0.1) is 11.3 Å². The Hall–Kier alpha value is -4.49. The van der Waals surface area contributed by atoms with Crippen LogP contribution in [0.4, 0.5) is 5.13 Å². The van der Waals surface area contributed by atoms with Gasteiger partial charge in [-0.25, -0.2) is 4.98 Å². The average molecular weight is 495 g/mol. The first kappa shape index (κ1) is 23.3. The lowest BCUT2D eigenvalue weighted by Crippen LogP contribution is -2.30. The topological polar surface area (TPSA) is 79.7 Å². The first-order valence-electron chi connectivity index (χ1n) is 11.3.